The molecule has 0 radical (unpaired) electrons. The minimum atomic E-state index is -5.81. The standard InChI is InChI=1S/C51H118FN6O52P9S2/c1-111(60,61)94-22-18-84-14-10-80-6-2-78-5-9-83-13-17-87-21-25-97-114(66,67)105-46(26-88-38-53)33-99-115(68,69)106-47(27-89-39-54)34-100-116(70,71)107-48(28-90-40-55)35-101-117(72,73)108-49(29-91-41-56)36-102-118(74,75)109-50(30-92-42-57)37-103-119(76,77)110-51(31-93-43-58-52)32-98-112(62,63)95-23-19-85-15-11-81-7-3-79-4-8-82-12-16-86-20-24-96-113(64,65)104-45-121-120-44-59/h46-51,58-59H,2-45,53-57H2,1H3,(H,60,61)(H,62,63)(H,64,65)(H,66,67)(H,68,69)(H,70,71)(H,72,73)(H,74,75)(H,76,77)/p-9. The largest absolute Gasteiger partial charge is 0.779 e. The van der Waals surface area contributed by atoms with E-state index >= 15 is 0 Å². The molecule has 0 amide bonds. The first-order valence-electron chi connectivity index (χ1n) is 35.2. The van der Waals surface area contributed by atoms with Gasteiger partial charge < -0.3 is 235 Å². The van der Waals surface area contributed by atoms with Crippen LogP contribution in [0.2, 0.25) is 0 Å². The van der Waals surface area contributed by atoms with Gasteiger partial charge in [-0.05, 0) is 0 Å². The molecule has 0 rings (SSSR count). The lowest BCUT2D eigenvalue weighted by atomic mass is 10.4. The van der Waals surface area contributed by atoms with Gasteiger partial charge in [-0.25, -0.2) is 0 Å². The zero-order chi connectivity index (χ0) is 90.5. The van der Waals surface area contributed by atoms with Crippen molar-refractivity contribution in [1.29, 1.82) is 0 Å². The van der Waals surface area contributed by atoms with E-state index in [-0.39, 0.29) is 157 Å². The second kappa shape index (κ2) is 74.2. The van der Waals surface area contributed by atoms with Crippen LogP contribution in [0.5, 0.6) is 0 Å². The molecule has 0 aromatic heterocycles. The molecule has 0 aromatic carbocycles. The third-order valence-corrected chi connectivity index (χ3v) is 22.6. The van der Waals surface area contributed by atoms with Crippen LogP contribution in [-0.4, -0.2) is 339 Å². The number of phosphoric ester groups is 8. The number of aliphatic hydroxyl groups is 1. The Morgan fingerprint density at radius 1 is 0.264 bits per heavy atom. The van der Waals surface area contributed by atoms with Crippen molar-refractivity contribution in [2.45, 2.75) is 36.6 Å². The molecular formula is C51H109FN6O52P9S2-9. The number of halogens is 1. The predicted octanol–water partition coefficient (Wildman–Crippen LogP) is -7.02. The van der Waals surface area contributed by atoms with E-state index in [2.05, 4.69) is 18.1 Å². The molecule has 0 aliphatic rings. The van der Waals surface area contributed by atoms with Gasteiger partial charge in [0.2, 0.25) is 0 Å². The zero-order valence-electron chi connectivity index (χ0n) is 65.5. The maximum Gasteiger partial charge on any atom is 0.268 e. The normalized spacial score (nSPS) is 18.3. The fourth-order valence-corrected chi connectivity index (χ4v) is 15.8. The van der Waals surface area contributed by atoms with Crippen molar-refractivity contribution in [3.63, 3.8) is 0 Å². The average Bonchev–Trinajstić information content (AvgIpc) is 0.862. The SMILES string of the molecule is CP(=O)([O-])OCCOCCOCCOCCOCCOCCOP(=O)([O-])OC(COCN)COP(=O)([O-])OC(COCN)COP(=O)([O-])OC(COCN)COP(=O)([O-])OC(COCN)COP(=O)([O-])OC(COCN)COP(=O)([O-])OC(COCNF)COP(=O)([O-])OCCOCCOCCOCCOCCOCCOP(=O)([O-])OCSSCO. The number of hydrogen-bond donors (Lipinski definition) is 7. The summed E-state index contributed by atoms with van der Waals surface area (Å²) >= 11 is 0. The summed E-state index contributed by atoms with van der Waals surface area (Å²) in [6.07, 6.45) is -11.8. The summed E-state index contributed by atoms with van der Waals surface area (Å²) in [5.41, 5.74) is 27.8. The van der Waals surface area contributed by atoms with E-state index in [1.807, 2.05) is 0 Å². The smallest absolute Gasteiger partial charge is 0.268 e. The molecular weight excluding hydrogens is 1890 g/mol. The third-order valence-electron chi connectivity index (χ3n) is 12.1. The summed E-state index contributed by atoms with van der Waals surface area (Å²) in [5.74, 6) is -0.445. The molecule has 121 heavy (non-hydrogen) atoms. The van der Waals surface area contributed by atoms with Crippen LogP contribution in [-0.2, 0) is 194 Å². The van der Waals surface area contributed by atoms with Crippen molar-refractivity contribution >= 4 is 91.8 Å². The Labute approximate surface area is 704 Å². The van der Waals surface area contributed by atoms with E-state index < -0.39 is 240 Å². The van der Waals surface area contributed by atoms with Crippen molar-refractivity contribution in [3.8, 4) is 0 Å². The van der Waals surface area contributed by atoms with Crippen molar-refractivity contribution in [2.75, 3.05) is 297 Å². The second-order valence-corrected chi connectivity index (χ2v) is 37.1. The Kier molecular flexibility index (Phi) is 74.7. The number of hydrogen-bond acceptors (Lipinski definition) is 60. The van der Waals surface area contributed by atoms with Crippen molar-refractivity contribution in [2.24, 2.45) is 28.7 Å². The molecule has 0 aliphatic carbocycles. The summed E-state index contributed by atoms with van der Waals surface area (Å²) in [7, 11) is -45.7. The number of ether oxygens (including phenoxy) is 16. The Morgan fingerprint density at radius 3 is 0.669 bits per heavy atom. The summed E-state index contributed by atoms with van der Waals surface area (Å²) in [6, 6.07) is 0. The predicted molar refractivity (Wildman–Crippen MR) is 390 cm³/mol. The van der Waals surface area contributed by atoms with Crippen LogP contribution in [0.25, 0.3) is 0 Å². The van der Waals surface area contributed by atoms with Crippen LogP contribution < -0.4 is 78.2 Å². The third kappa shape index (κ3) is 79.1. The van der Waals surface area contributed by atoms with Crippen LogP contribution >= 0.6 is 91.8 Å². The van der Waals surface area contributed by atoms with Crippen LogP contribution in [0, 0.1) is 0 Å². The molecule has 12 N–H and O–H groups in total. The van der Waals surface area contributed by atoms with Crippen LogP contribution in [0.3, 0.4) is 0 Å². The van der Waals surface area contributed by atoms with Gasteiger partial charge in [0.15, 0.2) is 0 Å². The summed E-state index contributed by atoms with van der Waals surface area (Å²) < 4.78 is 289. The highest BCUT2D eigenvalue weighted by Crippen LogP contribution is 2.49. The van der Waals surface area contributed by atoms with Gasteiger partial charge in [-0.2, -0.15) is 0 Å². The first kappa shape index (κ1) is 122. The van der Waals surface area contributed by atoms with E-state index in [0.717, 1.165) is 33.8 Å². The molecule has 15 atom stereocenters. The Hall–Kier alpha value is 0.740. The lowest BCUT2D eigenvalue weighted by Crippen LogP contribution is -2.34. The molecule has 15 unspecified atom stereocenters. The molecule has 0 heterocycles. The van der Waals surface area contributed by atoms with Gasteiger partial charge in [0.1, 0.15) is 56.9 Å². The monoisotopic (exact) mass is 2000 g/mol. The first-order chi connectivity index (χ1) is 57.3. The van der Waals surface area contributed by atoms with Gasteiger partial charge >= 0.3 is 0 Å². The average molecular weight is 2000 g/mol. The fourth-order valence-electron chi connectivity index (χ4n) is 7.29. The minimum Gasteiger partial charge on any atom is -0.779 e. The van der Waals surface area contributed by atoms with E-state index in [1.165, 1.54) is 0 Å². The molecule has 0 aliphatic heterocycles. The van der Waals surface area contributed by atoms with Gasteiger partial charge in [-0.1, -0.05) is 21.6 Å². The van der Waals surface area contributed by atoms with Crippen molar-refractivity contribution in [3.05, 3.63) is 0 Å². The molecule has 70 heteroatoms. The molecule has 58 nitrogen and oxygen atoms in total. The van der Waals surface area contributed by atoms with E-state index in [4.69, 9.17) is 168 Å². The van der Waals surface area contributed by atoms with Crippen LogP contribution in [0.4, 0.5) is 4.48 Å². The highest BCUT2D eigenvalue weighted by atomic mass is 33.1. The van der Waals surface area contributed by atoms with Crippen molar-refractivity contribution in [1.82, 2.24) is 5.54 Å². The zero-order valence-corrected chi connectivity index (χ0v) is 75.1. The number of aliphatic hydroxyl groups excluding tert-OH is 1. The van der Waals surface area contributed by atoms with E-state index in [9.17, 15) is 89.6 Å². The summed E-state index contributed by atoms with van der Waals surface area (Å²) in [5, 5.41) is 8.66. The molecule has 0 spiro atoms. The lowest BCUT2D eigenvalue weighted by Gasteiger charge is -2.34. The maximum atomic E-state index is 13.2. The number of nitrogens with two attached hydrogens (primary N) is 5. The van der Waals surface area contributed by atoms with Gasteiger partial charge in [-0.3, -0.25) is 36.5 Å². The first-order valence-corrected chi connectivity index (χ1v) is 51.4. The van der Waals surface area contributed by atoms with Crippen LogP contribution in [0.15, 0.2) is 0 Å². The number of phosphoric acid groups is 8. The highest BCUT2D eigenvalue weighted by Gasteiger charge is 2.31. The lowest BCUT2D eigenvalue weighted by molar-refractivity contribution is -0.250. The molecule has 0 aromatic rings. The minimum absolute atomic E-state index is 0.00821. The fraction of sp³-hybridized carbons (Fsp3) is 1.00. The Balaban J connectivity index is 5.34. The van der Waals surface area contributed by atoms with E-state index in [1.54, 1.807) is 0 Å². The summed E-state index contributed by atoms with van der Waals surface area (Å²) in [4.78, 5) is 113. The van der Waals surface area contributed by atoms with Gasteiger partial charge in [0, 0.05) is 6.66 Å². The quantitative estimate of drug-likeness (QED) is 0.00978. The van der Waals surface area contributed by atoms with Crippen molar-refractivity contribution < 1.29 is 247 Å². The second-order valence-electron chi connectivity index (χ2n) is 21.9. The van der Waals surface area contributed by atoms with Gasteiger partial charge in [-0.15, -0.1) is 10.0 Å². The Morgan fingerprint density at radius 2 is 0.455 bits per heavy atom. The van der Waals surface area contributed by atoms with Gasteiger partial charge in [0.05, 0.1) is 277 Å². The molecule has 728 valence electrons. The molecule has 0 fully saturated rings. The van der Waals surface area contributed by atoms with E-state index in [0.29, 0.717) is 0 Å². The van der Waals surface area contributed by atoms with Gasteiger partial charge in [0.25, 0.3) is 62.6 Å². The number of rotatable bonds is 94. The summed E-state index contributed by atoms with van der Waals surface area (Å²) in [6.45, 7) is -15.7. The highest BCUT2D eigenvalue weighted by molar-refractivity contribution is 8.76. The topological polar surface area (TPSA) is 828 Å². The molecule has 0 saturated heterocycles. The molecule has 0 saturated carbocycles. The van der Waals surface area contributed by atoms with Crippen LogP contribution in [0.1, 0.15) is 0 Å². The molecule has 0 bridgehead atoms. The maximum absolute atomic E-state index is 13.2. The number of nitrogens with one attached hydrogen (secondary N) is 1. The Bertz CT molecular complexity index is 2990.